The predicted molar refractivity (Wildman–Crippen MR) is 69.5 cm³/mol. The molecule has 0 radical (unpaired) electrons. The molecule has 0 bridgehead atoms. The molecule has 8 heteroatoms. The van der Waals surface area contributed by atoms with E-state index in [9.17, 15) is 9.59 Å². The van der Waals surface area contributed by atoms with Crippen molar-refractivity contribution in [3.63, 3.8) is 0 Å². The molecule has 0 rings (SSSR count). The van der Waals surface area contributed by atoms with Crippen LogP contribution in [0, 0.1) is 0 Å². The number of methoxy groups -OCH3 is 1. The molecule has 4 N–H and O–H groups in total. The Morgan fingerprint density at radius 1 is 1.12 bits per heavy atom. The first kappa shape index (κ1) is 16.6. The lowest BCUT2D eigenvalue weighted by Gasteiger charge is -2.11. The summed E-state index contributed by atoms with van der Waals surface area (Å²) in [5.74, 6) is -0.0461. The number of hydrogen-bond acceptors (Lipinski definition) is 8. The molecule has 6 nitrogen and oxygen atoms in total. The number of hydrogen-bond donors (Lipinski definition) is 2. The highest BCUT2D eigenvalue weighted by atomic mass is 33.1. The van der Waals surface area contributed by atoms with Gasteiger partial charge in [0, 0.05) is 11.5 Å². The molecular formula is C9H18N2O4S2. The van der Waals surface area contributed by atoms with Gasteiger partial charge in [0.2, 0.25) is 0 Å². The second-order valence-electron chi connectivity index (χ2n) is 3.06. The first-order chi connectivity index (χ1) is 8.02. The third-order valence-electron chi connectivity index (χ3n) is 1.67. The van der Waals surface area contributed by atoms with E-state index in [1.807, 2.05) is 0 Å². The molecule has 0 amide bonds. The molecule has 0 aromatic rings. The van der Waals surface area contributed by atoms with Crippen LogP contribution in [0.1, 0.15) is 6.92 Å². The SMILES string of the molecule is CCOC(=O)[C@@H](N)CSSC[C@H](N)C(=O)OC. The van der Waals surface area contributed by atoms with Gasteiger partial charge in [-0.1, -0.05) is 21.6 Å². The van der Waals surface area contributed by atoms with Crippen molar-refractivity contribution in [1.29, 1.82) is 0 Å². The van der Waals surface area contributed by atoms with Crippen molar-refractivity contribution in [2.75, 3.05) is 25.2 Å². The highest BCUT2D eigenvalue weighted by Crippen LogP contribution is 2.22. The van der Waals surface area contributed by atoms with E-state index in [0.717, 1.165) is 0 Å². The number of nitrogens with two attached hydrogens (primary N) is 2. The van der Waals surface area contributed by atoms with Crippen molar-refractivity contribution < 1.29 is 19.1 Å². The van der Waals surface area contributed by atoms with Crippen molar-refractivity contribution in [2.24, 2.45) is 11.5 Å². The van der Waals surface area contributed by atoms with E-state index in [1.165, 1.54) is 28.7 Å². The van der Waals surface area contributed by atoms with Gasteiger partial charge in [0.15, 0.2) is 0 Å². The highest BCUT2D eigenvalue weighted by molar-refractivity contribution is 8.76. The summed E-state index contributed by atoms with van der Waals surface area (Å²) >= 11 is 0. The van der Waals surface area contributed by atoms with Crippen LogP contribution in [0.4, 0.5) is 0 Å². The zero-order chi connectivity index (χ0) is 13.3. The molecular weight excluding hydrogens is 264 g/mol. The van der Waals surface area contributed by atoms with Crippen molar-refractivity contribution in [3.05, 3.63) is 0 Å². The van der Waals surface area contributed by atoms with E-state index < -0.39 is 24.0 Å². The van der Waals surface area contributed by atoms with Crippen LogP contribution >= 0.6 is 21.6 Å². The van der Waals surface area contributed by atoms with E-state index in [-0.39, 0.29) is 0 Å². The van der Waals surface area contributed by atoms with Gasteiger partial charge in [-0.3, -0.25) is 9.59 Å². The fraction of sp³-hybridized carbons (Fsp3) is 0.778. The Bertz CT molecular complexity index is 253. The van der Waals surface area contributed by atoms with Crippen LogP contribution < -0.4 is 11.5 Å². The maximum Gasteiger partial charge on any atom is 0.323 e. The van der Waals surface area contributed by atoms with Crippen LogP contribution in [0.2, 0.25) is 0 Å². The fourth-order valence-corrected chi connectivity index (χ4v) is 2.99. The van der Waals surface area contributed by atoms with Gasteiger partial charge >= 0.3 is 11.9 Å². The van der Waals surface area contributed by atoms with Gasteiger partial charge in [0.25, 0.3) is 0 Å². The van der Waals surface area contributed by atoms with E-state index in [4.69, 9.17) is 16.2 Å². The van der Waals surface area contributed by atoms with Gasteiger partial charge in [0.05, 0.1) is 13.7 Å². The monoisotopic (exact) mass is 282 g/mol. The highest BCUT2D eigenvalue weighted by Gasteiger charge is 2.16. The van der Waals surface area contributed by atoms with Crippen molar-refractivity contribution in [1.82, 2.24) is 0 Å². The number of esters is 2. The Morgan fingerprint density at radius 2 is 1.59 bits per heavy atom. The summed E-state index contributed by atoms with van der Waals surface area (Å²) in [5.41, 5.74) is 11.1. The van der Waals surface area contributed by atoms with Crippen LogP contribution in [-0.4, -0.2) is 49.2 Å². The maximum absolute atomic E-state index is 11.2. The topological polar surface area (TPSA) is 105 Å². The summed E-state index contributed by atoms with van der Waals surface area (Å²) in [6, 6.07) is -1.31. The Morgan fingerprint density at radius 3 is 2.00 bits per heavy atom. The lowest BCUT2D eigenvalue weighted by atomic mass is 10.4. The molecule has 0 aliphatic heterocycles. The van der Waals surface area contributed by atoms with Gasteiger partial charge in [-0.15, -0.1) is 0 Å². The molecule has 0 unspecified atom stereocenters. The first-order valence-electron chi connectivity index (χ1n) is 5.03. The molecule has 0 aliphatic carbocycles. The maximum atomic E-state index is 11.2. The molecule has 0 fully saturated rings. The normalized spacial score (nSPS) is 13.9. The zero-order valence-corrected chi connectivity index (χ0v) is 11.5. The molecule has 0 aromatic carbocycles. The fourth-order valence-electron chi connectivity index (χ4n) is 0.780. The van der Waals surface area contributed by atoms with Crippen LogP contribution in [0.15, 0.2) is 0 Å². The number of ether oxygens (including phenoxy) is 2. The third kappa shape index (κ3) is 7.48. The van der Waals surface area contributed by atoms with Crippen LogP contribution in [0.5, 0.6) is 0 Å². The minimum absolute atomic E-state index is 0.317. The minimum Gasteiger partial charge on any atom is -0.468 e. The molecule has 0 saturated heterocycles. The molecule has 2 atom stereocenters. The Labute approximate surface area is 109 Å². The quantitative estimate of drug-likeness (QED) is 0.357. The Kier molecular flexibility index (Phi) is 9.33. The van der Waals surface area contributed by atoms with Gasteiger partial charge in [-0.05, 0) is 6.92 Å². The van der Waals surface area contributed by atoms with Crippen LogP contribution in [0.25, 0.3) is 0 Å². The molecule has 0 spiro atoms. The smallest absolute Gasteiger partial charge is 0.323 e. The van der Waals surface area contributed by atoms with E-state index in [2.05, 4.69) is 4.74 Å². The van der Waals surface area contributed by atoms with Gasteiger partial charge < -0.3 is 20.9 Å². The number of carbonyl (C=O) groups excluding carboxylic acids is 2. The lowest BCUT2D eigenvalue weighted by molar-refractivity contribution is -0.144. The van der Waals surface area contributed by atoms with Crippen molar-refractivity contribution in [3.8, 4) is 0 Å². The van der Waals surface area contributed by atoms with Gasteiger partial charge in [-0.25, -0.2) is 0 Å². The standard InChI is InChI=1S/C9H18N2O4S2/c1-3-15-9(13)7(11)5-17-16-4-6(10)8(12)14-2/h6-7H,3-5,10-11H2,1-2H3/t6-,7-/m0/s1. The van der Waals surface area contributed by atoms with E-state index in [1.54, 1.807) is 6.92 Å². The second kappa shape index (κ2) is 9.58. The number of rotatable bonds is 8. The summed E-state index contributed by atoms with van der Waals surface area (Å²) in [6.07, 6.45) is 0. The van der Waals surface area contributed by atoms with Crippen molar-refractivity contribution >= 4 is 33.5 Å². The van der Waals surface area contributed by atoms with Crippen molar-refractivity contribution in [2.45, 2.75) is 19.0 Å². The van der Waals surface area contributed by atoms with Gasteiger partial charge in [-0.2, -0.15) is 0 Å². The van der Waals surface area contributed by atoms with E-state index >= 15 is 0 Å². The molecule has 0 aliphatic rings. The average molecular weight is 282 g/mol. The zero-order valence-electron chi connectivity index (χ0n) is 9.88. The minimum atomic E-state index is -0.656. The molecule has 17 heavy (non-hydrogen) atoms. The third-order valence-corrected chi connectivity index (χ3v) is 4.15. The molecule has 0 saturated carbocycles. The summed E-state index contributed by atoms with van der Waals surface area (Å²) in [5, 5.41) is 0. The first-order valence-corrected chi connectivity index (χ1v) is 7.51. The molecule has 0 heterocycles. The van der Waals surface area contributed by atoms with E-state index in [0.29, 0.717) is 18.1 Å². The summed E-state index contributed by atoms with van der Waals surface area (Å²) in [4.78, 5) is 22.1. The van der Waals surface area contributed by atoms with Gasteiger partial charge in [0.1, 0.15) is 12.1 Å². The van der Waals surface area contributed by atoms with Crippen LogP contribution in [-0.2, 0) is 19.1 Å². The second-order valence-corrected chi connectivity index (χ2v) is 5.61. The lowest BCUT2D eigenvalue weighted by Crippen LogP contribution is -2.35. The largest absolute Gasteiger partial charge is 0.468 e. The summed E-state index contributed by atoms with van der Waals surface area (Å²) < 4.78 is 9.23. The Balaban J connectivity index is 3.64. The number of carbonyl (C=O) groups is 2. The van der Waals surface area contributed by atoms with Crippen LogP contribution in [0.3, 0.4) is 0 Å². The average Bonchev–Trinajstić information content (AvgIpc) is 2.33. The molecule has 100 valence electrons. The molecule has 0 aromatic heterocycles. The Hall–Kier alpha value is -0.440. The summed E-state index contributed by atoms with van der Waals surface area (Å²) in [7, 11) is 4.04. The predicted octanol–water partition coefficient (Wildman–Crippen LogP) is -0.241. The summed E-state index contributed by atoms with van der Waals surface area (Å²) in [6.45, 7) is 2.04.